The number of hydrogen-bond acceptors (Lipinski definition) is 3. The predicted molar refractivity (Wildman–Crippen MR) is 113 cm³/mol. The highest BCUT2D eigenvalue weighted by Crippen LogP contribution is 2.49. The zero-order valence-corrected chi connectivity index (χ0v) is 16.8. The summed E-state index contributed by atoms with van der Waals surface area (Å²) in [7, 11) is 0. The first-order chi connectivity index (χ1) is 13.6. The van der Waals surface area contributed by atoms with Crippen LogP contribution in [0.4, 0.5) is 0 Å². The summed E-state index contributed by atoms with van der Waals surface area (Å²) >= 11 is 12.8. The molecule has 0 bridgehead atoms. The summed E-state index contributed by atoms with van der Waals surface area (Å²) in [5.74, 6) is 0.830. The molecule has 3 nitrogen and oxygen atoms in total. The van der Waals surface area contributed by atoms with Gasteiger partial charge in [-0.05, 0) is 36.8 Å². The average Bonchev–Trinajstić information content (AvgIpc) is 3.14. The second-order valence-corrected chi connectivity index (χ2v) is 8.03. The molecule has 0 saturated heterocycles. The van der Waals surface area contributed by atoms with Crippen molar-refractivity contribution in [2.45, 2.75) is 25.6 Å². The summed E-state index contributed by atoms with van der Waals surface area (Å²) in [4.78, 5) is 0. The van der Waals surface area contributed by atoms with E-state index < -0.39 is 0 Å². The predicted octanol–water partition coefficient (Wildman–Crippen LogP) is 6.54. The van der Waals surface area contributed by atoms with E-state index in [9.17, 15) is 0 Å². The monoisotopic (exact) mass is 408 g/mol. The Labute approximate surface area is 174 Å². The molecular formula is C23H18Cl2N2O. The van der Waals surface area contributed by atoms with E-state index in [1.165, 1.54) is 5.56 Å². The summed E-state index contributed by atoms with van der Waals surface area (Å²) in [6.07, 6.45) is 0.413. The minimum absolute atomic E-state index is 0.0556. The molecule has 0 unspecified atom stereocenters. The van der Waals surface area contributed by atoms with Crippen LogP contribution in [0.25, 0.3) is 0 Å². The van der Waals surface area contributed by atoms with Gasteiger partial charge in [0.2, 0.25) is 6.23 Å². The number of benzene rings is 3. The second-order valence-electron chi connectivity index (χ2n) is 7.19. The van der Waals surface area contributed by atoms with Crippen molar-refractivity contribution in [2.24, 2.45) is 5.10 Å². The van der Waals surface area contributed by atoms with Crippen molar-refractivity contribution < 1.29 is 4.74 Å². The molecule has 2 aliphatic rings. The van der Waals surface area contributed by atoms with Crippen LogP contribution in [-0.2, 0) is 0 Å². The molecule has 5 heteroatoms. The molecule has 0 saturated carbocycles. The van der Waals surface area contributed by atoms with Gasteiger partial charge in [0.05, 0.1) is 11.8 Å². The summed E-state index contributed by atoms with van der Waals surface area (Å²) in [6.45, 7) is 2.09. The molecule has 28 heavy (non-hydrogen) atoms. The van der Waals surface area contributed by atoms with E-state index in [0.717, 1.165) is 34.6 Å². The van der Waals surface area contributed by atoms with Gasteiger partial charge in [0.1, 0.15) is 5.75 Å². The van der Waals surface area contributed by atoms with E-state index in [-0.39, 0.29) is 12.3 Å². The molecular weight excluding hydrogens is 391 g/mol. The minimum atomic E-state index is -0.379. The first-order valence-corrected chi connectivity index (χ1v) is 9.99. The maximum atomic E-state index is 6.49. The van der Waals surface area contributed by atoms with E-state index in [0.29, 0.717) is 10.0 Å². The Morgan fingerprint density at radius 1 is 0.964 bits per heavy atom. The first kappa shape index (κ1) is 17.6. The molecule has 140 valence electrons. The minimum Gasteiger partial charge on any atom is -0.464 e. The number of nitrogens with zero attached hydrogens (tertiary/aromatic N) is 2. The number of fused-ring (bicyclic) bond motifs is 3. The Bertz CT molecular complexity index is 1080. The van der Waals surface area contributed by atoms with Gasteiger partial charge < -0.3 is 4.74 Å². The average molecular weight is 409 g/mol. The fraction of sp³-hybridized carbons (Fsp3) is 0.174. The van der Waals surface area contributed by atoms with Gasteiger partial charge in [-0.15, -0.1) is 0 Å². The zero-order chi connectivity index (χ0) is 19.3. The van der Waals surface area contributed by atoms with E-state index in [4.69, 9.17) is 33.0 Å². The fourth-order valence-electron chi connectivity index (χ4n) is 3.86. The molecule has 3 aromatic rings. The Morgan fingerprint density at radius 3 is 2.54 bits per heavy atom. The van der Waals surface area contributed by atoms with E-state index in [2.05, 4.69) is 31.2 Å². The van der Waals surface area contributed by atoms with E-state index in [1.54, 1.807) is 0 Å². The van der Waals surface area contributed by atoms with Gasteiger partial charge in [0.15, 0.2) is 0 Å². The Morgan fingerprint density at radius 2 is 1.75 bits per heavy atom. The highest BCUT2D eigenvalue weighted by atomic mass is 35.5. The fourth-order valence-corrected chi connectivity index (χ4v) is 4.27. The molecule has 0 N–H and O–H groups in total. The van der Waals surface area contributed by atoms with E-state index in [1.807, 2.05) is 47.5 Å². The molecule has 0 spiro atoms. The van der Waals surface area contributed by atoms with Crippen molar-refractivity contribution in [1.29, 1.82) is 0 Å². The van der Waals surface area contributed by atoms with Crippen molar-refractivity contribution in [3.8, 4) is 5.75 Å². The van der Waals surface area contributed by atoms with Crippen LogP contribution in [0.15, 0.2) is 71.8 Å². The highest BCUT2D eigenvalue weighted by Gasteiger charge is 2.41. The van der Waals surface area contributed by atoms with Crippen LogP contribution in [0, 0.1) is 6.92 Å². The van der Waals surface area contributed by atoms with Gasteiger partial charge in [-0.3, -0.25) is 0 Å². The van der Waals surface area contributed by atoms with Gasteiger partial charge in [-0.25, -0.2) is 5.01 Å². The van der Waals surface area contributed by atoms with Crippen LogP contribution < -0.4 is 4.74 Å². The van der Waals surface area contributed by atoms with Gasteiger partial charge in [0, 0.05) is 27.6 Å². The topological polar surface area (TPSA) is 24.8 Å². The van der Waals surface area contributed by atoms with Crippen LogP contribution in [0.1, 0.15) is 40.9 Å². The second kappa shape index (κ2) is 6.84. The van der Waals surface area contributed by atoms with Crippen LogP contribution in [0.3, 0.4) is 0 Å². The van der Waals surface area contributed by atoms with Gasteiger partial charge >= 0.3 is 0 Å². The molecule has 0 fully saturated rings. The molecule has 0 aliphatic carbocycles. The van der Waals surface area contributed by atoms with Crippen molar-refractivity contribution in [1.82, 2.24) is 5.01 Å². The number of ether oxygens (including phenoxy) is 1. The maximum absolute atomic E-state index is 6.49. The zero-order valence-electron chi connectivity index (χ0n) is 15.3. The number of hydrazone groups is 1. The lowest BCUT2D eigenvalue weighted by molar-refractivity contribution is -0.0189. The van der Waals surface area contributed by atoms with Gasteiger partial charge in [-0.1, -0.05) is 71.2 Å². The molecule has 3 aromatic carbocycles. The van der Waals surface area contributed by atoms with Crippen LogP contribution in [0.5, 0.6) is 5.75 Å². The quantitative estimate of drug-likeness (QED) is 0.480. The maximum Gasteiger partial charge on any atom is 0.215 e. The van der Waals surface area contributed by atoms with Crippen molar-refractivity contribution >= 4 is 28.9 Å². The van der Waals surface area contributed by atoms with Crippen LogP contribution in [-0.4, -0.2) is 10.7 Å². The van der Waals surface area contributed by atoms with Crippen LogP contribution in [0.2, 0.25) is 10.0 Å². The number of halogens is 2. The lowest BCUT2D eigenvalue weighted by Crippen LogP contribution is -2.33. The number of rotatable bonds is 2. The smallest absolute Gasteiger partial charge is 0.215 e. The van der Waals surface area contributed by atoms with Crippen LogP contribution >= 0.6 is 23.2 Å². The third-order valence-corrected chi connectivity index (χ3v) is 5.89. The normalized spacial score (nSPS) is 20.2. The number of hydrogen-bond donors (Lipinski definition) is 0. The summed E-state index contributed by atoms with van der Waals surface area (Å²) in [6, 6.07) is 22.1. The summed E-state index contributed by atoms with van der Waals surface area (Å²) < 4.78 is 6.35. The standard InChI is InChI=1S/C23H18Cl2N2O/c1-14-6-8-15(9-7-14)20-13-21-18-12-16(24)10-11-22(18)28-23(27(21)26-20)17-4-2-3-5-19(17)25/h2-12,21,23H,13H2,1H3/t21-,23+/m0/s1. The van der Waals surface area contributed by atoms with E-state index >= 15 is 0 Å². The van der Waals surface area contributed by atoms with Crippen molar-refractivity contribution in [3.05, 3.63) is 99.0 Å². The molecule has 0 aromatic heterocycles. The lowest BCUT2D eigenvalue weighted by Gasteiger charge is -2.38. The third-order valence-electron chi connectivity index (χ3n) is 5.31. The summed E-state index contributed by atoms with van der Waals surface area (Å²) in [5.41, 5.74) is 5.36. The molecule has 2 heterocycles. The Balaban J connectivity index is 1.62. The Kier molecular flexibility index (Phi) is 4.30. The third kappa shape index (κ3) is 2.95. The SMILES string of the molecule is Cc1ccc(C2=NN3[C@@H](c4ccccc4Cl)Oc4ccc(Cl)cc4[C@@H]3C2)cc1. The molecule has 2 atom stereocenters. The van der Waals surface area contributed by atoms with Crippen molar-refractivity contribution in [2.75, 3.05) is 0 Å². The molecule has 0 radical (unpaired) electrons. The highest BCUT2D eigenvalue weighted by molar-refractivity contribution is 6.31. The Hall–Kier alpha value is -2.49. The lowest BCUT2D eigenvalue weighted by atomic mass is 9.95. The largest absolute Gasteiger partial charge is 0.464 e. The first-order valence-electron chi connectivity index (χ1n) is 9.23. The van der Waals surface area contributed by atoms with Crippen molar-refractivity contribution in [3.63, 3.8) is 0 Å². The van der Waals surface area contributed by atoms with Gasteiger partial charge in [-0.2, -0.15) is 5.10 Å². The number of aryl methyl sites for hydroxylation is 1. The molecule has 0 amide bonds. The summed E-state index contributed by atoms with van der Waals surface area (Å²) in [5, 5.41) is 8.35. The molecule has 5 rings (SSSR count). The van der Waals surface area contributed by atoms with Gasteiger partial charge in [0.25, 0.3) is 0 Å². The molecule has 2 aliphatic heterocycles.